The number of anilines is 1. The maximum Gasteiger partial charge on any atom is 0.412 e. The predicted molar refractivity (Wildman–Crippen MR) is 76.2 cm³/mol. The minimum atomic E-state index is -1.14. The van der Waals surface area contributed by atoms with Gasteiger partial charge in [0.1, 0.15) is 6.61 Å². The molecule has 0 aromatic heterocycles. The van der Waals surface area contributed by atoms with Crippen LogP contribution in [0, 0.1) is 0 Å². The van der Waals surface area contributed by atoms with Crippen LogP contribution in [0.3, 0.4) is 0 Å². The first-order chi connectivity index (χ1) is 9.58. The molecule has 0 atom stereocenters. The molecule has 2 N–H and O–H groups in total. The summed E-state index contributed by atoms with van der Waals surface area (Å²) in [7, 11) is 0. The number of aromatic carboxylic acids is 1. The second kappa shape index (κ2) is 7.52. The van der Waals surface area contributed by atoms with E-state index in [1.807, 2.05) is 0 Å². The molecule has 104 valence electrons. The summed E-state index contributed by atoms with van der Waals surface area (Å²) < 4.78 is 4.89. The Hall–Kier alpha value is -2.89. The van der Waals surface area contributed by atoms with Gasteiger partial charge in [0.25, 0.3) is 0 Å². The summed E-state index contributed by atoms with van der Waals surface area (Å²) in [6.45, 7) is 6.73. The Balaban J connectivity index is 2.68. The van der Waals surface area contributed by atoms with E-state index in [0.717, 1.165) is 0 Å². The molecule has 0 radical (unpaired) electrons. The molecule has 1 aromatic carbocycles. The molecule has 0 spiro atoms. The van der Waals surface area contributed by atoms with Crippen LogP contribution in [0.25, 0.3) is 0 Å². The van der Waals surface area contributed by atoms with E-state index in [1.165, 1.54) is 18.2 Å². The number of carbonyl (C=O) groups excluding carboxylic acids is 1. The molecule has 6 nitrogen and oxygen atoms in total. The summed E-state index contributed by atoms with van der Waals surface area (Å²) >= 11 is 0. The molecule has 0 unspecified atom stereocenters. The highest BCUT2D eigenvalue weighted by atomic mass is 16.5. The number of carboxylic acid groups (broad SMARTS) is 1. The van der Waals surface area contributed by atoms with Gasteiger partial charge in [-0.15, -0.1) is 0 Å². The van der Waals surface area contributed by atoms with Crippen LogP contribution >= 0.6 is 0 Å². The first-order valence-electron chi connectivity index (χ1n) is 5.63. The number of allylic oxidation sites excluding steroid dienone is 2. The van der Waals surface area contributed by atoms with Crippen molar-refractivity contribution >= 4 is 24.5 Å². The Morgan fingerprint density at radius 3 is 2.70 bits per heavy atom. The van der Waals surface area contributed by atoms with E-state index in [1.54, 1.807) is 18.2 Å². The van der Waals surface area contributed by atoms with Crippen LogP contribution in [-0.4, -0.2) is 30.5 Å². The minimum Gasteiger partial charge on any atom is -0.478 e. The molecule has 1 amide bonds. The molecule has 1 rings (SSSR count). The van der Waals surface area contributed by atoms with Gasteiger partial charge in [0, 0.05) is 0 Å². The minimum absolute atomic E-state index is 0.0202. The van der Waals surface area contributed by atoms with Crippen molar-refractivity contribution in [3.63, 3.8) is 0 Å². The van der Waals surface area contributed by atoms with Crippen molar-refractivity contribution in [3.05, 3.63) is 54.3 Å². The number of carboxylic acids is 1. The van der Waals surface area contributed by atoms with Gasteiger partial charge in [-0.05, 0) is 24.9 Å². The quantitative estimate of drug-likeness (QED) is 0.616. The van der Waals surface area contributed by atoms with E-state index in [4.69, 9.17) is 9.84 Å². The molecule has 0 bridgehead atoms. The monoisotopic (exact) mass is 274 g/mol. The average molecular weight is 274 g/mol. The largest absolute Gasteiger partial charge is 0.478 e. The van der Waals surface area contributed by atoms with Crippen LogP contribution in [0.1, 0.15) is 10.4 Å². The maximum absolute atomic E-state index is 11.6. The van der Waals surface area contributed by atoms with Crippen LogP contribution in [0.2, 0.25) is 0 Å². The molecule has 6 heteroatoms. The zero-order valence-electron chi connectivity index (χ0n) is 10.7. The third kappa shape index (κ3) is 4.41. The van der Waals surface area contributed by atoms with Gasteiger partial charge in [-0.1, -0.05) is 24.8 Å². The Kier molecular flexibility index (Phi) is 5.71. The summed E-state index contributed by atoms with van der Waals surface area (Å²) in [4.78, 5) is 26.2. The second-order valence-corrected chi connectivity index (χ2v) is 3.60. The molecule has 0 aliphatic carbocycles. The van der Waals surface area contributed by atoms with Crippen molar-refractivity contribution in [2.45, 2.75) is 0 Å². The number of amides is 1. The number of para-hydroxylation sites is 1. The molecule has 20 heavy (non-hydrogen) atoms. The fourth-order valence-corrected chi connectivity index (χ4v) is 1.35. The van der Waals surface area contributed by atoms with Crippen molar-refractivity contribution in [1.29, 1.82) is 0 Å². The van der Waals surface area contributed by atoms with Gasteiger partial charge in [-0.25, -0.2) is 9.59 Å². The topological polar surface area (TPSA) is 88.0 Å². The van der Waals surface area contributed by atoms with Crippen LogP contribution < -0.4 is 5.32 Å². The Morgan fingerprint density at radius 2 is 2.10 bits per heavy atom. The number of aliphatic imine (C=N–C) groups is 1. The molecule has 1 aromatic rings. The number of nitrogens with one attached hydrogen (secondary N) is 1. The normalized spacial score (nSPS) is 10.5. The van der Waals surface area contributed by atoms with E-state index < -0.39 is 12.1 Å². The number of hydrogen-bond acceptors (Lipinski definition) is 4. The van der Waals surface area contributed by atoms with Crippen molar-refractivity contribution in [1.82, 2.24) is 0 Å². The molecule has 0 aliphatic rings. The summed E-state index contributed by atoms with van der Waals surface area (Å²) in [5, 5.41) is 11.3. The number of nitrogens with zero attached hydrogens (tertiary/aromatic N) is 1. The highest BCUT2D eigenvalue weighted by Gasteiger charge is 2.12. The number of benzene rings is 1. The highest BCUT2D eigenvalue weighted by Crippen LogP contribution is 2.15. The summed E-state index contributed by atoms with van der Waals surface area (Å²) in [5.41, 5.74) is 0.570. The first-order valence-corrected chi connectivity index (χ1v) is 5.63. The molecule has 0 saturated heterocycles. The van der Waals surface area contributed by atoms with Crippen LogP contribution in [0.5, 0.6) is 0 Å². The van der Waals surface area contributed by atoms with E-state index in [-0.39, 0.29) is 17.9 Å². The molecular weight excluding hydrogens is 260 g/mol. The molecule has 0 heterocycles. The van der Waals surface area contributed by atoms with Crippen LogP contribution in [-0.2, 0) is 4.74 Å². The zero-order valence-corrected chi connectivity index (χ0v) is 10.7. The predicted octanol–water partition coefficient (Wildman–Crippen LogP) is 2.70. The third-order valence-electron chi connectivity index (χ3n) is 2.26. The van der Waals surface area contributed by atoms with Gasteiger partial charge in [0.05, 0.1) is 16.9 Å². The smallest absolute Gasteiger partial charge is 0.412 e. The number of carbonyl (C=O) groups is 2. The van der Waals surface area contributed by atoms with Gasteiger partial charge in [0.2, 0.25) is 0 Å². The number of ether oxygens (including phenoxy) is 1. The fraction of sp³-hybridized carbons (Fsp3) is 0.0714. The Morgan fingerprint density at radius 1 is 1.40 bits per heavy atom. The SMILES string of the molecule is C=C/C=C(/COC(=O)Nc1ccccc1C(=O)O)N=C. The molecule has 0 fully saturated rings. The molecule has 0 saturated carbocycles. The first kappa shape index (κ1) is 15.2. The maximum atomic E-state index is 11.6. The Bertz CT molecular complexity index is 564. The lowest BCUT2D eigenvalue weighted by Crippen LogP contribution is -2.17. The van der Waals surface area contributed by atoms with E-state index in [0.29, 0.717) is 5.70 Å². The molecular formula is C14H14N2O4. The van der Waals surface area contributed by atoms with E-state index in [9.17, 15) is 9.59 Å². The lowest BCUT2D eigenvalue weighted by molar-refractivity contribution is 0.0698. The van der Waals surface area contributed by atoms with E-state index >= 15 is 0 Å². The van der Waals surface area contributed by atoms with Gasteiger partial charge in [-0.3, -0.25) is 10.3 Å². The van der Waals surface area contributed by atoms with Crippen LogP contribution in [0.4, 0.5) is 10.5 Å². The lowest BCUT2D eigenvalue weighted by atomic mass is 10.2. The van der Waals surface area contributed by atoms with Gasteiger partial charge in [-0.2, -0.15) is 0 Å². The summed E-state index contributed by atoms with van der Waals surface area (Å²) in [6, 6.07) is 6.02. The lowest BCUT2D eigenvalue weighted by Gasteiger charge is -2.09. The average Bonchev–Trinajstić information content (AvgIpc) is 2.43. The summed E-state index contributed by atoms with van der Waals surface area (Å²) in [6.07, 6.45) is 2.26. The van der Waals surface area contributed by atoms with Gasteiger partial charge in [0.15, 0.2) is 0 Å². The second-order valence-electron chi connectivity index (χ2n) is 3.60. The van der Waals surface area contributed by atoms with Crippen molar-refractivity contribution < 1.29 is 19.4 Å². The van der Waals surface area contributed by atoms with Crippen molar-refractivity contribution in [2.75, 3.05) is 11.9 Å². The fourth-order valence-electron chi connectivity index (χ4n) is 1.35. The molecule has 0 aliphatic heterocycles. The van der Waals surface area contributed by atoms with Crippen LogP contribution in [0.15, 0.2) is 53.7 Å². The van der Waals surface area contributed by atoms with Gasteiger partial charge >= 0.3 is 12.1 Å². The number of rotatable bonds is 6. The highest BCUT2D eigenvalue weighted by molar-refractivity contribution is 5.98. The Labute approximate surface area is 116 Å². The standard InChI is InChI=1S/C14H14N2O4/c1-3-6-10(15-2)9-20-14(19)16-12-8-5-4-7-11(12)13(17)18/h3-8H,1-2,9H2,(H,16,19)(H,17,18)/b10-6-. The summed E-state index contributed by atoms with van der Waals surface area (Å²) in [5.74, 6) is -1.14. The van der Waals surface area contributed by atoms with Gasteiger partial charge < -0.3 is 9.84 Å². The third-order valence-corrected chi connectivity index (χ3v) is 2.26. The van der Waals surface area contributed by atoms with E-state index in [2.05, 4.69) is 23.6 Å². The van der Waals surface area contributed by atoms with Crippen molar-refractivity contribution in [2.24, 2.45) is 4.99 Å². The zero-order chi connectivity index (χ0) is 15.0. The van der Waals surface area contributed by atoms with Crippen molar-refractivity contribution in [3.8, 4) is 0 Å². The number of hydrogen-bond donors (Lipinski definition) is 2.